The van der Waals surface area contributed by atoms with Gasteiger partial charge in [0.1, 0.15) is 0 Å². The Morgan fingerprint density at radius 3 is 2.43 bits per heavy atom. The maximum Gasteiger partial charge on any atom is 0.305 e. The number of hydrogen-bond donors (Lipinski definition) is 2. The Balaban J connectivity index is 2.93. The standard InChI is InChI=1S/C12H15BrN2O5S/c1-15(2)21(19,20)10-4-3-8(7-9(10)13)12(18)14-6-5-11(16)17/h3-4,7H,5-6H2,1-2H3,(H,14,18)(H,16,17). The molecule has 0 radical (unpaired) electrons. The van der Waals surface area contributed by atoms with Crippen molar-refractivity contribution in [2.45, 2.75) is 11.3 Å². The number of nitrogens with zero attached hydrogens (tertiary/aromatic N) is 1. The van der Waals surface area contributed by atoms with Crippen LogP contribution in [-0.4, -0.2) is 50.3 Å². The minimum absolute atomic E-state index is 0.00351. The highest BCUT2D eigenvalue weighted by atomic mass is 79.9. The second-order valence-corrected chi connectivity index (χ2v) is 7.31. The van der Waals surface area contributed by atoms with Gasteiger partial charge >= 0.3 is 5.97 Å². The summed E-state index contributed by atoms with van der Waals surface area (Å²) in [5.41, 5.74) is 0.241. The second-order valence-electron chi connectivity index (χ2n) is 4.33. The molecule has 0 heterocycles. The van der Waals surface area contributed by atoms with Gasteiger partial charge in [0.2, 0.25) is 10.0 Å². The average Bonchev–Trinajstić information content (AvgIpc) is 2.37. The molecule has 0 fully saturated rings. The number of amides is 1. The molecule has 0 bridgehead atoms. The molecule has 1 aromatic carbocycles. The summed E-state index contributed by atoms with van der Waals surface area (Å²) < 4.78 is 25.4. The summed E-state index contributed by atoms with van der Waals surface area (Å²) >= 11 is 3.13. The predicted octanol–water partition coefficient (Wildman–Crippen LogP) is 0.904. The van der Waals surface area contributed by atoms with Gasteiger partial charge in [-0.2, -0.15) is 0 Å². The van der Waals surface area contributed by atoms with Crippen molar-refractivity contribution in [3.05, 3.63) is 28.2 Å². The summed E-state index contributed by atoms with van der Waals surface area (Å²) in [6, 6.07) is 4.08. The van der Waals surface area contributed by atoms with Gasteiger partial charge in [-0.3, -0.25) is 9.59 Å². The summed E-state index contributed by atoms with van der Waals surface area (Å²) in [6.45, 7) is 0.00351. The molecule has 0 aliphatic carbocycles. The van der Waals surface area contributed by atoms with Gasteiger partial charge in [0, 0.05) is 30.7 Å². The monoisotopic (exact) mass is 378 g/mol. The Morgan fingerprint density at radius 2 is 1.95 bits per heavy atom. The van der Waals surface area contributed by atoms with Crippen molar-refractivity contribution >= 4 is 37.8 Å². The molecule has 1 aromatic rings. The van der Waals surface area contributed by atoms with Gasteiger partial charge < -0.3 is 10.4 Å². The Labute approximate surface area is 131 Å². The summed E-state index contributed by atoms with van der Waals surface area (Å²) in [5, 5.41) is 10.9. The van der Waals surface area contributed by atoms with Crippen LogP contribution in [0.3, 0.4) is 0 Å². The topological polar surface area (TPSA) is 104 Å². The van der Waals surface area contributed by atoms with E-state index in [-0.39, 0.29) is 27.9 Å². The number of carboxylic acid groups (broad SMARTS) is 1. The molecule has 0 aliphatic heterocycles. The Morgan fingerprint density at radius 1 is 1.33 bits per heavy atom. The number of halogens is 1. The Bertz CT molecular complexity index is 658. The van der Waals surface area contributed by atoms with Crippen LogP contribution in [0.15, 0.2) is 27.6 Å². The van der Waals surface area contributed by atoms with Crippen LogP contribution >= 0.6 is 15.9 Å². The second kappa shape index (κ2) is 7.01. The third-order valence-corrected chi connectivity index (χ3v) is 5.37. The van der Waals surface area contributed by atoms with E-state index >= 15 is 0 Å². The molecule has 21 heavy (non-hydrogen) atoms. The molecule has 0 atom stereocenters. The lowest BCUT2D eigenvalue weighted by atomic mass is 10.2. The molecule has 116 valence electrons. The van der Waals surface area contributed by atoms with Gasteiger partial charge in [0.25, 0.3) is 5.91 Å². The Hall–Kier alpha value is -1.45. The molecule has 0 saturated carbocycles. The van der Waals surface area contributed by atoms with Crippen molar-refractivity contribution in [2.75, 3.05) is 20.6 Å². The van der Waals surface area contributed by atoms with Crippen molar-refractivity contribution in [3.8, 4) is 0 Å². The highest BCUT2D eigenvalue weighted by Crippen LogP contribution is 2.25. The number of nitrogens with one attached hydrogen (secondary N) is 1. The van der Waals surface area contributed by atoms with Crippen molar-refractivity contribution in [3.63, 3.8) is 0 Å². The van der Waals surface area contributed by atoms with E-state index < -0.39 is 21.9 Å². The lowest BCUT2D eigenvalue weighted by molar-refractivity contribution is -0.136. The smallest absolute Gasteiger partial charge is 0.305 e. The van der Waals surface area contributed by atoms with Gasteiger partial charge in [-0.25, -0.2) is 12.7 Å². The lowest BCUT2D eigenvalue weighted by Crippen LogP contribution is -2.26. The molecule has 0 saturated heterocycles. The van der Waals surface area contributed by atoms with Crippen molar-refractivity contribution in [1.29, 1.82) is 0 Å². The largest absolute Gasteiger partial charge is 0.481 e. The van der Waals surface area contributed by atoms with Crippen LogP contribution in [0.1, 0.15) is 16.8 Å². The van der Waals surface area contributed by atoms with Crippen molar-refractivity contribution in [1.82, 2.24) is 9.62 Å². The first-order valence-corrected chi connectivity index (χ1v) is 8.11. The van der Waals surface area contributed by atoms with Gasteiger partial charge in [0.05, 0.1) is 11.3 Å². The molecule has 9 heteroatoms. The SMILES string of the molecule is CN(C)S(=O)(=O)c1ccc(C(=O)NCCC(=O)O)cc1Br. The molecule has 2 N–H and O–H groups in total. The molecule has 7 nitrogen and oxygen atoms in total. The summed E-state index contributed by atoms with van der Waals surface area (Å²) in [6.07, 6.45) is -0.181. The number of carbonyl (C=O) groups excluding carboxylic acids is 1. The average molecular weight is 379 g/mol. The van der Waals surface area contributed by atoms with Crippen LogP contribution in [0.25, 0.3) is 0 Å². The van der Waals surface area contributed by atoms with Gasteiger partial charge in [-0.05, 0) is 34.1 Å². The first-order valence-electron chi connectivity index (χ1n) is 5.88. The summed E-state index contributed by atoms with van der Waals surface area (Å²) in [7, 11) is -0.779. The van der Waals surface area contributed by atoms with E-state index in [1.807, 2.05) is 0 Å². The zero-order valence-corrected chi connectivity index (χ0v) is 13.9. The maximum absolute atomic E-state index is 12.0. The predicted molar refractivity (Wildman–Crippen MR) is 79.6 cm³/mol. The molecular formula is C12H15BrN2O5S. The highest BCUT2D eigenvalue weighted by Gasteiger charge is 2.21. The van der Waals surface area contributed by atoms with E-state index in [4.69, 9.17) is 5.11 Å². The van der Waals surface area contributed by atoms with Gasteiger partial charge in [0.15, 0.2) is 0 Å². The first-order chi connectivity index (χ1) is 9.66. The van der Waals surface area contributed by atoms with E-state index in [9.17, 15) is 18.0 Å². The number of rotatable bonds is 6. The molecule has 0 unspecified atom stereocenters. The van der Waals surface area contributed by atoms with Gasteiger partial charge in [-0.15, -0.1) is 0 Å². The fourth-order valence-corrected chi connectivity index (χ4v) is 3.36. The van der Waals surface area contributed by atoms with Crippen molar-refractivity contribution in [2.24, 2.45) is 0 Å². The van der Waals surface area contributed by atoms with Crippen LogP contribution in [0.5, 0.6) is 0 Å². The third-order valence-electron chi connectivity index (χ3n) is 2.58. The molecule has 0 aliphatic rings. The first kappa shape index (κ1) is 17.6. The van der Waals surface area contributed by atoms with E-state index in [1.165, 1.54) is 32.3 Å². The fraction of sp³-hybridized carbons (Fsp3) is 0.333. The number of carbonyl (C=O) groups is 2. The maximum atomic E-state index is 12.0. The van der Waals surface area contributed by atoms with Crippen LogP contribution in [0.4, 0.5) is 0 Å². The minimum atomic E-state index is -3.60. The minimum Gasteiger partial charge on any atom is -0.481 e. The molecule has 1 rings (SSSR count). The van der Waals surface area contributed by atoms with Crippen LogP contribution < -0.4 is 5.32 Å². The van der Waals surface area contributed by atoms with Gasteiger partial charge in [-0.1, -0.05) is 0 Å². The van der Waals surface area contributed by atoms with E-state index in [0.29, 0.717) is 0 Å². The molecule has 1 amide bonds. The Kier molecular flexibility index (Phi) is 5.87. The zero-order valence-electron chi connectivity index (χ0n) is 11.5. The number of hydrogen-bond acceptors (Lipinski definition) is 4. The van der Waals surface area contributed by atoms with E-state index in [2.05, 4.69) is 21.2 Å². The normalized spacial score (nSPS) is 11.4. The van der Waals surface area contributed by atoms with Crippen LogP contribution in [0.2, 0.25) is 0 Å². The van der Waals surface area contributed by atoms with E-state index in [0.717, 1.165) is 4.31 Å². The molecule has 0 aromatic heterocycles. The van der Waals surface area contributed by atoms with E-state index in [1.54, 1.807) is 0 Å². The highest BCUT2D eigenvalue weighted by molar-refractivity contribution is 9.10. The quantitative estimate of drug-likeness (QED) is 0.765. The lowest BCUT2D eigenvalue weighted by Gasteiger charge is -2.13. The van der Waals surface area contributed by atoms with Crippen LogP contribution in [-0.2, 0) is 14.8 Å². The molecule has 0 spiro atoms. The number of aliphatic carboxylic acids is 1. The fourth-order valence-electron chi connectivity index (χ4n) is 1.43. The van der Waals surface area contributed by atoms with Crippen LogP contribution in [0, 0.1) is 0 Å². The number of sulfonamides is 1. The number of carboxylic acids is 1. The molecular weight excluding hydrogens is 364 g/mol. The third kappa shape index (κ3) is 4.51. The summed E-state index contributed by atoms with van der Waals surface area (Å²) in [5.74, 6) is -1.48. The zero-order chi connectivity index (χ0) is 16.2. The number of benzene rings is 1. The van der Waals surface area contributed by atoms with Crippen molar-refractivity contribution < 1.29 is 23.1 Å². The summed E-state index contributed by atoms with van der Waals surface area (Å²) in [4.78, 5) is 22.2.